The Morgan fingerprint density at radius 3 is 2.46 bits per heavy atom. The van der Waals surface area contributed by atoms with Gasteiger partial charge in [-0.25, -0.2) is 4.39 Å². The number of likely N-dealkylation sites (N-methyl/N-ethyl adjacent to an activating group) is 1. The Balaban J connectivity index is 1.19. The van der Waals surface area contributed by atoms with Crippen LogP contribution in [0.15, 0.2) is 60.7 Å². The SMILES string of the molecule is CCN1CCN(c2ccc(Nc3cc4cccc(-c5ccc(CN6CCOCC6)c(F)c5)c4[nH]3)cc2C)CC1. The third-order valence-corrected chi connectivity index (χ3v) is 8.15. The molecule has 3 heterocycles. The normalized spacial score (nSPS) is 17.2. The van der Waals surface area contributed by atoms with Gasteiger partial charge in [-0.3, -0.25) is 4.90 Å². The molecule has 204 valence electrons. The average Bonchev–Trinajstić information content (AvgIpc) is 3.37. The number of anilines is 3. The number of para-hydroxylation sites is 1. The lowest BCUT2D eigenvalue weighted by atomic mass is 10.0. The van der Waals surface area contributed by atoms with Crippen molar-refractivity contribution in [3.8, 4) is 11.1 Å². The first-order valence-corrected chi connectivity index (χ1v) is 14.1. The van der Waals surface area contributed by atoms with E-state index < -0.39 is 0 Å². The number of aromatic amines is 1. The largest absolute Gasteiger partial charge is 0.379 e. The van der Waals surface area contributed by atoms with Crippen molar-refractivity contribution in [3.05, 3.63) is 77.6 Å². The summed E-state index contributed by atoms with van der Waals surface area (Å²) in [7, 11) is 0. The van der Waals surface area contributed by atoms with Crippen LogP contribution < -0.4 is 10.2 Å². The monoisotopic (exact) mass is 527 g/mol. The molecule has 2 N–H and O–H groups in total. The molecule has 0 atom stereocenters. The number of rotatable bonds is 7. The summed E-state index contributed by atoms with van der Waals surface area (Å²) in [6, 6.07) is 20.5. The number of aryl methyl sites for hydroxylation is 1. The molecule has 0 bridgehead atoms. The van der Waals surface area contributed by atoms with Crippen molar-refractivity contribution in [3.63, 3.8) is 0 Å². The first-order chi connectivity index (χ1) is 19.1. The van der Waals surface area contributed by atoms with Crippen molar-refractivity contribution < 1.29 is 9.13 Å². The van der Waals surface area contributed by atoms with Crippen molar-refractivity contribution in [2.24, 2.45) is 0 Å². The minimum absolute atomic E-state index is 0.160. The molecule has 1 aromatic heterocycles. The maximum absolute atomic E-state index is 15.1. The molecule has 2 fully saturated rings. The van der Waals surface area contributed by atoms with Crippen molar-refractivity contribution in [2.75, 3.05) is 69.2 Å². The van der Waals surface area contributed by atoms with E-state index in [2.05, 4.69) is 75.2 Å². The number of benzene rings is 3. The summed E-state index contributed by atoms with van der Waals surface area (Å²) >= 11 is 0. The van der Waals surface area contributed by atoms with Crippen LogP contribution in [0.5, 0.6) is 0 Å². The minimum atomic E-state index is -0.160. The molecule has 6 nitrogen and oxygen atoms in total. The van der Waals surface area contributed by atoms with Crippen LogP contribution in [0.4, 0.5) is 21.6 Å². The van der Waals surface area contributed by atoms with Crippen LogP contribution in [-0.4, -0.2) is 73.8 Å². The molecule has 0 unspecified atom stereocenters. The van der Waals surface area contributed by atoms with Crippen molar-refractivity contribution in [1.82, 2.24) is 14.8 Å². The molecule has 3 aromatic carbocycles. The molecule has 4 aromatic rings. The van der Waals surface area contributed by atoms with Crippen LogP contribution in [-0.2, 0) is 11.3 Å². The van der Waals surface area contributed by atoms with Crippen LogP contribution in [0, 0.1) is 12.7 Å². The van der Waals surface area contributed by atoms with Crippen LogP contribution in [0.25, 0.3) is 22.0 Å². The number of ether oxygens (including phenoxy) is 1. The lowest BCUT2D eigenvalue weighted by Crippen LogP contribution is -2.46. The Kier molecular flexibility index (Phi) is 7.55. The van der Waals surface area contributed by atoms with Crippen LogP contribution in [0.3, 0.4) is 0 Å². The predicted octanol–water partition coefficient (Wildman–Crippen LogP) is 6.00. The van der Waals surface area contributed by atoms with E-state index in [1.165, 1.54) is 11.3 Å². The number of piperazine rings is 1. The maximum Gasteiger partial charge on any atom is 0.128 e. The number of morpholine rings is 1. The summed E-state index contributed by atoms with van der Waals surface area (Å²) in [5, 5.41) is 4.65. The first kappa shape index (κ1) is 25.9. The zero-order valence-electron chi connectivity index (χ0n) is 23.0. The Morgan fingerprint density at radius 2 is 1.72 bits per heavy atom. The van der Waals surface area contributed by atoms with E-state index in [4.69, 9.17) is 4.74 Å². The number of hydrogen-bond acceptors (Lipinski definition) is 5. The quantitative estimate of drug-likeness (QED) is 0.309. The first-order valence-electron chi connectivity index (χ1n) is 14.1. The lowest BCUT2D eigenvalue weighted by molar-refractivity contribution is 0.0337. The van der Waals surface area contributed by atoms with Crippen molar-refractivity contribution in [2.45, 2.75) is 20.4 Å². The minimum Gasteiger partial charge on any atom is -0.379 e. The van der Waals surface area contributed by atoms with Gasteiger partial charge < -0.3 is 24.8 Å². The van der Waals surface area contributed by atoms with Gasteiger partial charge in [0.1, 0.15) is 11.6 Å². The molecule has 0 amide bonds. The van der Waals surface area contributed by atoms with E-state index in [0.29, 0.717) is 19.8 Å². The summed E-state index contributed by atoms with van der Waals surface area (Å²) in [5.74, 6) is 0.762. The third-order valence-electron chi connectivity index (χ3n) is 8.15. The Labute approximate surface area is 230 Å². The van der Waals surface area contributed by atoms with E-state index >= 15 is 4.39 Å². The number of aromatic nitrogens is 1. The van der Waals surface area contributed by atoms with Gasteiger partial charge in [0.2, 0.25) is 0 Å². The standard InChI is InChI=1S/C32H38FN5O/c1-3-36-11-13-38(14-12-36)30-10-9-27(19-23(30)2)34-31-21-25-5-4-6-28(32(25)35-31)24-7-8-26(29(33)20-24)22-37-15-17-39-18-16-37/h4-10,19-21,34-35H,3,11-18,22H2,1-2H3. The number of nitrogens with one attached hydrogen (secondary N) is 2. The van der Waals surface area contributed by atoms with Crippen molar-refractivity contribution in [1.29, 1.82) is 0 Å². The van der Waals surface area contributed by atoms with Crippen LogP contribution in [0.2, 0.25) is 0 Å². The molecular weight excluding hydrogens is 489 g/mol. The number of hydrogen-bond donors (Lipinski definition) is 2. The molecule has 0 spiro atoms. The third kappa shape index (κ3) is 5.66. The molecule has 0 saturated carbocycles. The molecule has 2 saturated heterocycles. The van der Waals surface area contributed by atoms with Crippen molar-refractivity contribution >= 4 is 28.1 Å². The van der Waals surface area contributed by atoms with E-state index in [1.54, 1.807) is 6.07 Å². The predicted molar refractivity (Wildman–Crippen MR) is 159 cm³/mol. The van der Waals surface area contributed by atoms with Gasteiger partial charge in [0, 0.05) is 73.7 Å². The highest BCUT2D eigenvalue weighted by molar-refractivity contribution is 5.96. The molecular formula is C32H38FN5O. The highest BCUT2D eigenvalue weighted by Gasteiger charge is 2.18. The fourth-order valence-corrected chi connectivity index (χ4v) is 5.86. The zero-order valence-corrected chi connectivity index (χ0v) is 23.0. The van der Waals surface area contributed by atoms with E-state index in [0.717, 1.165) is 84.9 Å². The summed E-state index contributed by atoms with van der Waals surface area (Å²) in [4.78, 5) is 10.8. The second-order valence-corrected chi connectivity index (χ2v) is 10.7. The molecule has 0 radical (unpaired) electrons. The lowest BCUT2D eigenvalue weighted by Gasteiger charge is -2.36. The van der Waals surface area contributed by atoms with E-state index in [9.17, 15) is 0 Å². The van der Waals surface area contributed by atoms with Gasteiger partial charge in [-0.1, -0.05) is 37.3 Å². The van der Waals surface area contributed by atoms with Crippen LogP contribution in [0.1, 0.15) is 18.1 Å². The second kappa shape index (κ2) is 11.4. The Hall–Kier alpha value is -3.39. The fourth-order valence-electron chi connectivity index (χ4n) is 5.86. The summed E-state index contributed by atoms with van der Waals surface area (Å²) < 4.78 is 20.6. The van der Waals surface area contributed by atoms with Gasteiger partial charge >= 0.3 is 0 Å². The molecule has 2 aliphatic rings. The number of H-pyrrole nitrogens is 1. The highest BCUT2D eigenvalue weighted by atomic mass is 19.1. The van der Waals surface area contributed by atoms with Gasteiger partial charge in [-0.2, -0.15) is 0 Å². The second-order valence-electron chi connectivity index (χ2n) is 10.7. The molecule has 7 heteroatoms. The zero-order chi connectivity index (χ0) is 26.8. The summed E-state index contributed by atoms with van der Waals surface area (Å²) in [6.07, 6.45) is 0. The van der Waals surface area contributed by atoms with Gasteiger partial charge in [0.05, 0.1) is 18.7 Å². The topological polar surface area (TPSA) is 46.8 Å². The molecule has 39 heavy (non-hydrogen) atoms. The highest BCUT2D eigenvalue weighted by Crippen LogP contribution is 2.33. The number of fused-ring (bicyclic) bond motifs is 1. The van der Waals surface area contributed by atoms with Gasteiger partial charge in [-0.05, 0) is 54.9 Å². The fraction of sp³-hybridized carbons (Fsp3) is 0.375. The Bertz CT molecular complexity index is 1440. The van der Waals surface area contributed by atoms with Crippen LogP contribution >= 0.6 is 0 Å². The van der Waals surface area contributed by atoms with E-state index in [1.807, 2.05) is 18.2 Å². The maximum atomic E-state index is 15.1. The number of nitrogens with zero attached hydrogens (tertiary/aromatic N) is 3. The summed E-state index contributed by atoms with van der Waals surface area (Å²) in [5.41, 5.74) is 7.24. The molecule has 0 aliphatic carbocycles. The number of halogens is 1. The average molecular weight is 528 g/mol. The van der Waals surface area contributed by atoms with Gasteiger partial charge in [0.15, 0.2) is 0 Å². The molecule has 6 rings (SSSR count). The van der Waals surface area contributed by atoms with E-state index in [-0.39, 0.29) is 5.82 Å². The summed E-state index contributed by atoms with van der Waals surface area (Å²) in [6.45, 7) is 13.7. The van der Waals surface area contributed by atoms with Gasteiger partial charge in [0.25, 0.3) is 0 Å². The van der Waals surface area contributed by atoms with Gasteiger partial charge in [-0.15, -0.1) is 0 Å². The smallest absolute Gasteiger partial charge is 0.128 e. The molecule has 2 aliphatic heterocycles. The Morgan fingerprint density at radius 1 is 0.897 bits per heavy atom.